The molecule has 0 aliphatic heterocycles. The fourth-order valence-corrected chi connectivity index (χ4v) is 3.22. The molecule has 0 saturated heterocycles. The summed E-state index contributed by atoms with van der Waals surface area (Å²) in [6, 6.07) is 0. The van der Waals surface area contributed by atoms with Crippen molar-refractivity contribution in [2.75, 3.05) is 13.1 Å². The van der Waals surface area contributed by atoms with E-state index in [0.29, 0.717) is 0 Å². The lowest BCUT2D eigenvalue weighted by Gasteiger charge is -2.53. The molecule has 1 aliphatic carbocycles. The highest BCUT2D eigenvalue weighted by Gasteiger charge is 2.79. The first-order valence-corrected chi connectivity index (χ1v) is 6.29. The molecule has 0 bridgehead atoms. The minimum Gasteiger partial charge on any atom is -0.211 e. The molecular weight excluding hydrogens is 318 g/mol. The van der Waals surface area contributed by atoms with E-state index in [1.165, 1.54) is 0 Å². The minimum atomic E-state index is -5.62. The Morgan fingerprint density at radius 2 is 1.23 bits per heavy atom. The highest BCUT2D eigenvalue weighted by molar-refractivity contribution is 5.35. The lowest BCUT2D eigenvalue weighted by Crippen LogP contribution is -2.64. The summed E-state index contributed by atoms with van der Waals surface area (Å²) in [5, 5.41) is 0. The predicted molar refractivity (Wildman–Crippen MR) is 61.4 cm³/mol. The van der Waals surface area contributed by atoms with Crippen molar-refractivity contribution < 1.29 is 35.9 Å². The summed E-state index contributed by atoms with van der Waals surface area (Å²) < 4.78 is 80.6. The van der Waals surface area contributed by atoms with Crippen molar-refractivity contribution in [2.24, 2.45) is 20.8 Å². The quantitative estimate of drug-likeness (QED) is 0.451. The van der Waals surface area contributed by atoms with Gasteiger partial charge in [-0.25, -0.2) is 19.6 Å². The van der Waals surface area contributed by atoms with Gasteiger partial charge in [-0.15, -0.1) is 0 Å². The van der Waals surface area contributed by atoms with E-state index in [-0.39, 0.29) is 12.8 Å². The van der Waals surface area contributed by atoms with E-state index in [2.05, 4.69) is 9.98 Å². The second-order valence-corrected chi connectivity index (χ2v) is 5.20. The Kier molecular flexibility index (Phi) is 5.20. The van der Waals surface area contributed by atoms with Gasteiger partial charge in [-0.05, 0) is 12.8 Å². The van der Waals surface area contributed by atoms with E-state index >= 15 is 0 Å². The number of aliphatic imine (C=N–C) groups is 2. The molecule has 0 N–H and O–H groups in total. The van der Waals surface area contributed by atoms with Crippen molar-refractivity contribution in [1.82, 2.24) is 0 Å². The largest absolute Gasteiger partial charge is 0.403 e. The smallest absolute Gasteiger partial charge is 0.211 e. The van der Waals surface area contributed by atoms with Crippen LogP contribution in [-0.4, -0.2) is 37.6 Å². The molecule has 0 atom stereocenters. The Morgan fingerprint density at radius 1 is 0.818 bits per heavy atom. The molecule has 0 unspecified atom stereocenters. The zero-order valence-electron chi connectivity index (χ0n) is 11.2. The highest BCUT2D eigenvalue weighted by Crippen LogP contribution is 2.66. The molecule has 124 valence electrons. The van der Waals surface area contributed by atoms with Gasteiger partial charge in [0, 0.05) is 5.41 Å². The molecule has 1 saturated carbocycles. The fraction of sp³-hybridized carbons (Fsp3) is 0.833. The van der Waals surface area contributed by atoms with Crippen LogP contribution in [0.1, 0.15) is 25.7 Å². The lowest BCUT2D eigenvalue weighted by molar-refractivity contribution is -0.384. The van der Waals surface area contributed by atoms with Crippen molar-refractivity contribution in [2.45, 2.75) is 38.0 Å². The molecule has 0 aromatic rings. The van der Waals surface area contributed by atoms with E-state index in [9.17, 15) is 35.9 Å². The third-order valence-corrected chi connectivity index (χ3v) is 4.22. The van der Waals surface area contributed by atoms with Crippen LogP contribution < -0.4 is 0 Å². The van der Waals surface area contributed by atoms with Gasteiger partial charge >= 0.3 is 12.4 Å². The van der Waals surface area contributed by atoms with Crippen molar-refractivity contribution in [3.8, 4) is 0 Å². The van der Waals surface area contributed by atoms with E-state index in [4.69, 9.17) is 0 Å². The maximum absolute atomic E-state index is 13.4. The predicted octanol–water partition coefficient (Wildman–Crippen LogP) is 3.33. The van der Waals surface area contributed by atoms with Crippen LogP contribution in [0.5, 0.6) is 0 Å². The third kappa shape index (κ3) is 2.80. The molecule has 0 heterocycles. The van der Waals surface area contributed by atoms with E-state index in [0.717, 1.165) is 12.2 Å². The number of halogens is 6. The van der Waals surface area contributed by atoms with Crippen LogP contribution in [0.25, 0.3) is 0 Å². The molecule has 4 nitrogen and oxygen atoms in total. The van der Waals surface area contributed by atoms with Crippen molar-refractivity contribution >= 4 is 12.2 Å². The second kappa shape index (κ2) is 6.22. The number of hydrogen-bond donors (Lipinski definition) is 0. The Morgan fingerprint density at radius 3 is 1.59 bits per heavy atom. The van der Waals surface area contributed by atoms with Gasteiger partial charge < -0.3 is 0 Å². The van der Waals surface area contributed by atoms with Gasteiger partial charge in [0.2, 0.25) is 12.2 Å². The van der Waals surface area contributed by atoms with Gasteiger partial charge in [-0.3, -0.25) is 0 Å². The van der Waals surface area contributed by atoms with Crippen LogP contribution in [0.15, 0.2) is 9.98 Å². The van der Waals surface area contributed by atoms with Crippen molar-refractivity contribution in [1.29, 1.82) is 0 Å². The second-order valence-electron chi connectivity index (χ2n) is 5.20. The van der Waals surface area contributed by atoms with Gasteiger partial charge in [0.05, 0.1) is 13.1 Å². The van der Waals surface area contributed by atoms with Gasteiger partial charge in [0.25, 0.3) is 0 Å². The number of carbonyl (C=O) groups excluding carboxylic acids is 2. The van der Waals surface area contributed by atoms with E-state index < -0.39 is 49.1 Å². The highest BCUT2D eigenvalue weighted by atomic mass is 19.4. The van der Waals surface area contributed by atoms with Crippen LogP contribution in [-0.2, 0) is 9.59 Å². The summed E-state index contributed by atoms with van der Waals surface area (Å²) in [6.07, 6.45) is -11.2. The van der Waals surface area contributed by atoms with Crippen LogP contribution >= 0.6 is 0 Å². The Hall–Kier alpha value is -1.66. The zero-order chi connectivity index (χ0) is 17.1. The average molecular weight is 330 g/mol. The lowest BCUT2D eigenvalue weighted by atomic mass is 9.54. The van der Waals surface area contributed by atoms with Gasteiger partial charge in [-0.2, -0.15) is 26.3 Å². The first-order chi connectivity index (χ1) is 10.1. The fourth-order valence-electron chi connectivity index (χ4n) is 3.22. The van der Waals surface area contributed by atoms with E-state index in [1.54, 1.807) is 0 Å². The molecule has 0 radical (unpaired) electrons. The number of isocyanates is 2. The summed E-state index contributed by atoms with van der Waals surface area (Å²) >= 11 is 0. The van der Waals surface area contributed by atoms with Crippen LogP contribution in [0.3, 0.4) is 0 Å². The first-order valence-electron chi connectivity index (χ1n) is 6.29. The van der Waals surface area contributed by atoms with Crippen LogP contribution in [0.2, 0.25) is 0 Å². The normalized spacial score (nSPS) is 25.0. The third-order valence-electron chi connectivity index (χ3n) is 4.22. The standard InChI is InChI=1S/C12H12F6N2O2/c13-11(14,15)10(12(16,17)18)4-2-1-3-9(10,5-19-7-21)6-20-8-22/h1-6H2. The Labute approximate surface area is 121 Å². The summed E-state index contributed by atoms with van der Waals surface area (Å²) in [6.45, 7) is -2.11. The number of rotatable bonds is 4. The zero-order valence-corrected chi connectivity index (χ0v) is 11.2. The summed E-state index contributed by atoms with van der Waals surface area (Å²) in [5.74, 6) is 0. The minimum absolute atomic E-state index is 0.0800. The molecule has 0 amide bonds. The van der Waals surface area contributed by atoms with Crippen molar-refractivity contribution in [3.05, 3.63) is 0 Å². The maximum atomic E-state index is 13.4. The molecule has 1 fully saturated rings. The summed E-state index contributed by atoms with van der Waals surface area (Å²) in [5.41, 5.74) is -6.62. The topological polar surface area (TPSA) is 58.9 Å². The molecule has 1 aliphatic rings. The maximum Gasteiger partial charge on any atom is 0.403 e. The average Bonchev–Trinajstić information content (AvgIpc) is 2.40. The van der Waals surface area contributed by atoms with E-state index in [1.807, 2.05) is 0 Å². The van der Waals surface area contributed by atoms with Crippen LogP contribution in [0.4, 0.5) is 26.3 Å². The van der Waals surface area contributed by atoms with Crippen LogP contribution in [0, 0.1) is 10.8 Å². The molecule has 0 aromatic carbocycles. The monoisotopic (exact) mass is 330 g/mol. The number of alkyl halides is 6. The molecular formula is C12H12F6N2O2. The van der Waals surface area contributed by atoms with Gasteiger partial charge in [0.1, 0.15) is 0 Å². The molecule has 1 rings (SSSR count). The number of nitrogens with zero attached hydrogens (tertiary/aromatic N) is 2. The summed E-state index contributed by atoms with van der Waals surface area (Å²) in [4.78, 5) is 26.3. The Balaban J connectivity index is 3.63. The summed E-state index contributed by atoms with van der Waals surface area (Å²) in [7, 11) is 0. The molecule has 0 spiro atoms. The van der Waals surface area contributed by atoms with Gasteiger partial charge in [0.15, 0.2) is 5.41 Å². The molecule has 0 aromatic heterocycles. The first kappa shape index (κ1) is 18.4. The molecule has 10 heteroatoms. The van der Waals surface area contributed by atoms with Crippen molar-refractivity contribution in [3.63, 3.8) is 0 Å². The SMILES string of the molecule is O=C=NCC1(CN=C=O)CCCCC1(C(F)(F)F)C(F)(F)F. The Bertz CT molecular complexity index is 467. The number of hydrogen-bond acceptors (Lipinski definition) is 4. The van der Waals surface area contributed by atoms with Gasteiger partial charge in [-0.1, -0.05) is 12.8 Å². The molecule has 22 heavy (non-hydrogen) atoms.